The summed E-state index contributed by atoms with van der Waals surface area (Å²) in [5, 5.41) is 0. The Morgan fingerprint density at radius 2 is 0.400 bits per heavy atom. The van der Waals surface area contributed by atoms with E-state index in [0.717, 1.165) is 12.8 Å². The van der Waals surface area contributed by atoms with Gasteiger partial charge < -0.3 is 28.7 Å². The number of rotatable bonds is 1. The predicted molar refractivity (Wildman–Crippen MR) is 32.8 cm³/mol. The standard InChI is InChI=1S/C4H8.2CH3.4W.10Y/c1-3-4-2;;;;;;;;;;;;;;;;/h1-4H2;2*1H3;;;;;;;;;;;;;;/q-2;2*-1;;;;;;;;;;;;;;. The van der Waals surface area contributed by atoms with Crippen LogP contribution in [0.15, 0.2) is 0 Å². The Morgan fingerprint density at radius 1 is 0.350 bits per heavy atom. The zero-order chi connectivity index (χ0) is 3.41. The summed E-state index contributed by atoms with van der Waals surface area (Å²) in [6.07, 6.45) is 1.92. The maximum Gasteiger partial charge on any atom is 0 e. The third-order valence-electron chi connectivity index (χ3n) is 0.250. The van der Waals surface area contributed by atoms with Gasteiger partial charge in [-0.25, -0.2) is 12.8 Å². The molecule has 0 aliphatic heterocycles. The van der Waals surface area contributed by atoms with Gasteiger partial charge in [0.1, 0.15) is 0 Å². The Labute approximate surface area is 438 Å². The van der Waals surface area contributed by atoms with Crippen molar-refractivity contribution in [3.8, 4) is 0 Å². The molecule has 10 radical (unpaired) electrons. The second-order valence-electron chi connectivity index (χ2n) is 0.707. The summed E-state index contributed by atoms with van der Waals surface area (Å²) in [4.78, 5) is 0. The molecule has 0 atom stereocenters. The van der Waals surface area contributed by atoms with Crippen molar-refractivity contribution >= 4 is 0 Å². The quantitative estimate of drug-likeness (QED) is 0.355. The van der Waals surface area contributed by atoms with Crippen LogP contribution in [0.4, 0.5) is 0 Å². The van der Waals surface area contributed by atoms with Crippen LogP contribution in [-0.2, 0) is 411 Å². The first kappa shape index (κ1) is 129. The van der Waals surface area contributed by atoms with Crippen LogP contribution in [0.3, 0.4) is 0 Å². The summed E-state index contributed by atoms with van der Waals surface area (Å²) in [6.45, 7) is 7.08. The average molecular weight is 1710 g/mol. The van der Waals surface area contributed by atoms with Gasteiger partial charge in [-0.15, -0.1) is 0 Å². The third kappa shape index (κ3) is 138. The molecule has 0 amide bonds. The zero-order valence-electron chi connectivity index (χ0n) is 12.2. The van der Waals surface area contributed by atoms with Gasteiger partial charge in [-0.3, -0.25) is 0 Å². The fourth-order valence-electron chi connectivity index (χ4n) is 0. The first-order valence-corrected chi connectivity index (χ1v) is 1.50. The molecule has 96 valence electrons. The molecule has 0 rings (SSSR count). The van der Waals surface area contributed by atoms with Gasteiger partial charge in [0.05, 0.1) is 0 Å². The van der Waals surface area contributed by atoms with Crippen molar-refractivity contribution < 1.29 is 411 Å². The van der Waals surface area contributed by atoms with Crippen molar-refractivity contribution in [3.63, 3.8) is 0 Å². The Bertz CT molecular complexity index is 31.7. The molecule has 20 heavy (non-hydrogen) atoms. The van der Waals surface area contributed by atoms with Crippen LogP contribution in [0.1, 0.15) is 12.8 Å². The molecule has 0 aromatic rings. The number of unbranched alkanes of at least 4 members (excludes halogenated alkanes) is 1. The molecule has 0 nitrogen and oxygen atoms in total. The molecule has 0 N–H and O–H groups in total. The van der Waals surface area contributed by atoms with E-state index in [9.17, 15) is 0 Å². The molecule has 0 aromatic heterocycles. The van der Waals surface area contributed by atoms with Gasteiger partial charge in [0.15, 0.2) is 0 Å². The molecule has 0 unspecified atom stereocenters. The normalized spacial score (nSPS) is 1.50. The summed E-state index contributed by atoms with van der Waals surface area (Å²) in [6, 6.07) is 0. The monoisotopic (exact) mass is 1710 g/mol. The van der Waals surface area contributed by atoms with Crippen LogP contribution < -0.4 is 0 Å². The number of hydrogen-bond donors (Lipinski definition) is 0. The van der Waals surface area contributed by atoms with E-state index >= 15 is 0 Å². The molecule has 0 aromatic carbocycles. The van der Waals surface area contributed by atoms with Crippen LogP contribution in [0.25, 0.3) is 0 Å². The van der Waals surface area contributed by atoms with Crippen molar-refractivity contribution in [2.24, 2.45) is 0 Å². The van der Waals surface area contributed by atoms with Crippen LogP contribution in [-0.4, -0.2) is 0 Å². The minimum Gasteiger partial charge on any atom is -0.358 e. The smallest absolute Gasteiger partial charge is 0 e. The minimum absolute atomic E-state index is 0. The Morgan fingerprint density at radius 3 is 0.400 bits per heavy atom. The van der Waals surface area contributed by atoms with Crippen molar-refractivity contribution in [3.05, 3.63) is 28.7 Å². The van der Waals surface area contributed by atoms with Gasteiger partial charge in [0, 0.05) is 411 Å². The van der Waals surface area contributed by atoms with E-state index in [1.54, 1.807) is 0 Å². The summed E-state index contributed by atoms with van der Waals surface area (Å²) in [7, 11) is 0. The van der Waals surface area contributed by atoms with E-state index in [1.807, 2.05) is 0 Å². The van der Waals surface area contributed by atoms with Gasteiger partial charge in [-0.05, 0) is 0 Å². The maximum atomic E-state index is 3.54. The third-order valence-corrected chi connectivity index (χ3v) is 0.250. The van der Waals surface area contributed by atoms with E-state index in [1.165, 1.54) is 0 Å². The van der Waals surface area contributed by atoms with Crippen LogP contribution in [0.5, 0.6) is 0 Å². The van der Waals surface area contributed by atoms with Crippen LogP contribution in [0.2, 0.25) is 0 Å². The fourth-order valence-corrected chi connectivity index (χ4v) is 0. The van der Waals surface area contributed by atoms with Gasteiger partial charge in [-0.1, -0.05) is 0 Å². The second-order valence-corrected chi connectivity index (χ2v) is 0.707. The Hall–Kier alpha value is 13.8. The molecule has 0 bridgehead atoms. The molecule has 0 aliphatic rings. The van der Waals surface area contributed by atoms with Crippen molar-refractivity contribution in [1.29, 1.82) is 0 Å². The predicted octanol–water partition coefficient (Wildman–Crippen LogP) is 2.30. The maximum absolute atomic E-state index is 3.54. The minimum atomic E-state index is 0. The van der Waals surface area contributed by atoms with Gasteiger partial charge in [0.2, 0.25) is 0 Å². The topological polar surface area (TPSA) is 0 Å². The fraction of sp³-hybridized carbons (Fsp3) is 0.333. The van der Waals surface area contributed by atoms with Crippen LogP contribution in [0, 0.1) is 28.7 Å². The molecule has 0 saturated heterocycles. The average Bonchev–Trinajstić information content (AvgIpc) is 1.37. The van der Waals surface area contributed by atoms with Gasteiger partial charge in [-0.2, -0.15) is 0 Å². The Balaban J connectivity index is -0.000000000375. The second kappa shape index (κ2) is 133. The van der Waals surface area contributed by atoms with E-state index in [0.29, 0.717) is 0 Å². The summed E-state index contributed by atoms with van der Waals surface area (Å²) in [5.41, 5.74) is 0. The Kier molecular flexibility index (Phi) is 856. The van der Waals surface area contributed by atoms with Crippen molar-refractivity contribution in [1.82, 2.24) is 0 Å². The number of hydrogen-bond acceptors (Lipinski definition) is 0. The summed E-state index contributed by atoms with van der Waals surface area (Å²) < 4.78 is 0. The molecule has 0 spiro atoms. The zero-order valence-corrected chi connectivity index (χ0v) is 52.4. The molecular weight excluding hydrogens is 1700 g/mol. The van der Waals surface area contributed by atoms with Gasteiger partial charge >= 0.3 is 0 Å². The van der Waals surface area contributed by atoms with E-state index in [-0.39, 0.29) is 426 Å². The van der Waals surface area contributed by atoms with Crippen molar-refractivity contribution in [2.45, 2.75) is 12.8 Å². The summed E-state index contributed by atoms with van der Waals surface area (Å²) >= 11 is 0. The molecular formula is C6H14W4Y10-4. The molecule has 14 heteroatoms. The SMILES string of the molecule is [CH2-]CC[CH2-].[CH3-].[CH3-].[W].[W].[W].[W].[Y].[Y].[Y].[Y].[Y].[Y].[Y].[Y].[Y].[Y]. The first-order valence-electron chi connectivity index (χ1n) is 1.50. The van der Waals surface area contributed by atoms with E-state index < -0.39 is 0 Å². The summed E-state index contributed by atoms with van der Waals surface area (Å²) in [5.74, 6) is 0. The molecule has 0 saturated carbocycles. The van der Waals surface area contributed by atoms with Gasteiger partial charge in [0.25, 0.3) is 0 Å². The molecule has 0 heterocycles. The molecule has 0 aliphatic carbocycles. The van der Waals surface area contributed by atoms with E-state index in [4.69, 9.17) is 0 Å². The largest absolute Gasteiger partial charge is 0.358 e. The first-order chi connectivity index (χ1) is 1.91. The van der Waals surface area contributed by atoms with Crippen molar-refractivity contribution in [2.75, 3.05) is 0 Å². The molecule has 0 fully saturated rings. The van der Waals surface area contributed by atoms with Crippen LogP contribution >= 0.6 is 0 Å². The van der Waals surface area contributed by atoms with E-state index in [2.05, 4.69) is 13.8 Å².